The van der Waals surface area contributed by atoms with Gasteiger partial charge in [0.1, 0.15) is 4.90 Å². The predicted octanol–water partition coefficient (Wildman–Crippen LogP) is 2.54. The Kier molecular flexibility index (Phi) is 7.25. The number of carbonyl (C=O) groups is 2. The van der Waals surface area contributed by atoms with Crippen LogP contribution in [-0.4, -0.2) is 61.8 Å². The number of esters is 1. The van der Waals surface area contributed by atoms with Crippen molar-refractivity contribution >= 4 is 33.5 Å². The average molecular weight is 417 g/mol. The molecule has 0 saturated carbocycles. The van der Waals surface area contributed by atoms with Gasteiger partial charge in [-0.1, -0.05) is 25.4 Å². The van der Waals surface area contributed by atoms with E-state index >= 15 is 0 Å². The van der Waals surface area contributed by atoms with E-state index in [0.717, 1.165) is 12.8 Å². The molecule has 1 aromatic rings. The first-order valence-electron chi connectivity index (χ1n) is 9.01. The van der Waals surface area contributed by atoms with Gasteiger partial charge in [0.2, 0.25) is 10.0 Å². The maximum absolute atomic E-state index is 12.7. The van der Waals surface area contributed by atoms with Crippen molar-refractivity contribution in [3.63, 3.8) is 0 Å². The van der Waals surface area contributed by atoms with Gasteiger partial charge >= 0.3 is 5.97 Å². The number of benzene rings is 1. The summed E-state index contributed by atoms with van der Waals surface area (Å²) in [5.74, 6) is -1.01. The molecule has 1 aliphatic rings. The van der Waals surface area contributed by atoms with E-state index in [2.05, 4.69) is 0 Å². The van der Waals surface area contributed by atoms with Crippen molar-refractivity contribution in [3.8, 4) is 0 Å². The van der Waals surface area contributed by atoms with Crippen LogP contribution < -0.4 is 0 Å². The first-order valence-corrected chi connectivity index (χ1v) is 10.8. The number of likely N-dealkylation sites (tertiary alicyclic amines) is 1. The maximum Gasteiger partial charge on any atom is 0.338 e. The van der Waals surface area contributed by atoms with Gasteiger partial charge < -0.3 is 9.64 Å². The number of nitrogens with zero attached hydrogens (tertiary/aromatic N) is 2. The van der Waals surface area contributed by atoms with Crippen molar-refractivity contribution in [2.45, 2.75) is 44.6 Å². The fourth-order valence-electron chi connectivity index (χ4n) is 3.00. The van der Waals surface area contributed by atoms with Gasteiger partial charge in [0, 0.05) is 26.2 Å². The van der Waals surface area contributed by atoms with Crippen molar-refractivity contribution in [1.29, 1.82) is 0 Å². The molecule has 1 saturated heterocycles. The van der Waals surface area contributed by atoms with Crippen molar-refractivity contribution in [3.05, 3.63) is 28.8 Å². The van der Waals surface area contributed by atoms with E-state index in [0.29, 0.717) is 13.1 Å². The fraction of sp³-hybridized carbons (Fsp3) is 0.556. The van der Waals surface area contributed by atoms with Crippen LogP contribution in [0.1, 0.15) is 44.0 Å². The van der Waals surface area contributed by atoms with Gasteiger partial charge in [0.05, 0.1) is 10.6 Å². The van der Waals surface area contributed by atoms with Crippen molar-refractivity contribution in [1.82, 2.24) is 9.21 Å². The minimum Gasteiger partial charge on any atom is -0.449 e. The molecular formula is C18H25ClN2O5S. The van der Waals surface area contributed by atoms with E-state index in [9.17, 15) is 18.0 Å². The zero-order chi connectivity index (χ0) is 20.2. The Bertz CT molecular complexity index is 802. The second-order valence-corrected chi connectivity index (χ2v) is 8.63. The number of carbonyl (C=O) groups excluding carboxylic acids is 2. The van der Waals surface area contributed by atoms with Crippen LogP contribution in [0.15, 0.2) is 23.1 Å². The van der Waals surface area contributed by atoms with Crippen LogP contribution in [0.5, 0.6) is 0 Å². The minimum atomic E-state index is -3.83. The van der Waals surface area contributed by atoms with Crippen LogP contribution in [0, 0.1) is 0 Å². The molecule has 0 aliphatic carbocycles. The number of hydrogen-bond acceptors (Lipinski definition) is 5. The van der Waals surface area contributed by atoms with E-state index in [1.807, 2.05) is 0 Å². The summed E-state index contributed by atoms with van der Waals surface area (Å²) in [6.45, 7) is 6.84. The first-order chi connectivity index (χ1) is 12.7. The highest BCUT2D eigenvalue weighted by Gasteiger charge is 2.28. The van der Waals surface area contributed by atoms with E-state index in [-0.39, 0.29) is 34.5 Å². The highest BCUT2D eigenvalue weighted by Crippen LogP contribution is 2.26. The molecule has 1 fully saturated rings. The minimum absolute atomic E-state index is 0.0274. The molecule has 1 unspecified atom stereocenters. The third kappa shape index (κ3) is 4.80. The van der Waals surface area contributed by atoms with Gasteiger partial charge in [-0.25, -0.2) is 13.2 Å². The Balaban J connectivity index is 2.21. The van der Waals surface area contributed by atoms with Crippen LogP contribution in [0.25, 0.3) is 0 Å². The molecule has 1 aliphatic heterocycles. The lowest BCUT2D eigenvalue weighted by molar-refractivity contribution is -0.138. The zero-order valence-corrected chi connectivity index (χ0v) is 17.3. The first kappa shape index (κ1) is 21.7. The molecule has 1 aromatic carbocycles. The molecule has 0 aromatic heterocycles. The third-order valence-corrected chi connectivity index (χ3v) is 7.07. The Morgan fingerprint density at radius 2 is 1.81 bits per heavy atom. The number of sulfonamides is 1. The van der Waals surface area contributed by atoms with E-state index in [1.54, 1.807) is 18.7 Å². The largest absolute Gasteiger partial charge is 0.449 e. The molecule has 7 nitrogen and oxygen atoms in total. The Morgan fingerprint density at radius 1 is 1.22 bits per heavy atom. The van der Waals surface area contributed by atoms with Crippen molar-refractivity contribution < 1.29 is 22.7 Å². The molecular weight excluding hydrogens is 392 g/mol. The molecule has 0 spiro atoms. The fourth-order valence-corrected chi connectivity index (χ4v) is 4.96. The Labute approximate surface area is 165 Å². The van der Waals surface area contributed by atoms with E-state index < -0.39 is 22.1 Å². The topological polar surface area (TPSA) is 84.0 Å². The Morgan fingerprint density at radius 3 is 2.37 bits per heavy atom. The van der Waals surface area contributed by atoms with Crippen LogP contribution in [-0.2, 0) is 19.6 Å². The zero-order valence-electron chi connectivity index (χ0n) is 15.8. The van der Waals surface area contributed by atoms with Gasteiger partial charge in [-0.05, 0) is 38.0 Å². The highest BCUT2D eigenvalue weighted by molar-refractivity contribution is 7.89. The third-order valence-electron chi connectivity index (χ3n) is 4.54. The number of hydrogen-bond donors (Lipinski definition) is 0. The van der Waals surface area contributed by atoms with Crippen LogP contribution >= 0.6 is 11.6 Å². The van der Waals surface area contributed by atoms with Crippen molar-refractivity contribution in [2.75, 3.05) is 26.2 Å². The maximum atomic E-state index is 12.7. The predicted molar refractivity (Wildman–Crippen MR) is 102 cm³/mol. The molecule has 27 heavy (non-hydrogen) atoms. The molecule has 0 bridgehead atoms. The summed E-state index contributed by atoms with van der Waals surface area (Å²) < 4.78 is 31.9. The molecule has 150 valence electrons. The lowest BCUT2D eigenvalue weighted by Gasteiger charge is -2.21. The second-order valence-electron chi connectivity index (χ2n) is 6.31. The molecule has 2 rings (SSSR count). The number of amides is 1. The lowest BCUT2D eigenvalue weighted by Crippen LogP contribution is -2.38. The van der Waals surface area contributed by atoms with Crippen LogP contribution in [0.4, 0.5) is 0 Å². The quantitative estimate of drug-likeness (QED) is 0.638. The molecule has 9 heteroatoms. The molecule has 0 radical (unpaired) electrons. The van der Waals surface area contributed by atoms with Gasteiger partial charge in [-0.15, -0.1) is 0 Å². The van der Waals surface area contributed by atoms with Gasteiger partial charge in [-0.2, -0.15) is 4.31 Å². The summed E-state index contributed by atoms with van der Waals surface area (Å²) in [4.78, 5) is 26.2. The molecule has 1 amide bonds. The smallest absolute Gasteiger partial charge is 0.338 e. The monoisotopic (exact) mass is 416 g/mol. The highest BCUT2D eigenvalue weighted by atomic mass is 35.5. The van der Waals surface area contributed by atoms with E-state index in [4.69, 9.17) is 16.3 Å². The molecule has 1 atom stereocenters. The lowest BCUT2D eigenvalue weighted by atomic mass is 10.2. The molecule has 0 N–H and O–H groups in total. The van der Waals surface area contributed by atoms with Gasteiger partial charge in [0.15, 0.2) is 6.10 Å². The van der Waals surface area contributed by atoms with E-state index in [1.165, 1.54) is 29.4 Å². The Hall–Kier alpha value is -1.64. The SMILES string of the molecule is CCN(CC)S(=O)(=O)c1cc(C(=O)OC(C)C(=O)N2CCCC2)ccc1Cl. The van der Waals surface area contributed by atoms with Crippen LogP contribution in [0.2, 0.25) is 5.02 Å². The standard InChI is InChI=1S/C18H25ClN2O5S/c1-4-21(5-2)27(24,25)16-12-14(8-9-15(16)19)18(23)26-13(3)17(22)20-10-6-7-11-20/h8-9,12-13H,4-7,10-11H2,1-3H3. The average Bonchev–Trinajstić information content (AvgIpc) is 3.16. The second kappa shape index (κ2) is 9.03. The number of rotatable bonds is 7. The normalized spacial score (nSPS) is 15.8. The summed E-state index contributed by atoms with van der Waals surface area (Å²) in [6, 6.07) is 3.94. The summed E-state index contributed by atoms with van der Waals surface area (Å²) in [5, 5.41) is 0.0274. The number of halogens is 1. The summed E-state index contributed by atoms with van der Waals surface area (Å²) >= 11 is 6.07. The summed E-state index contributed by atoms with van der Waals surface area (Å²) in [5.41, 5.74) is 0.0335. The van der Waals surface area contributed by atoms with Crippen molar-refractivity contribution in [2.24, 2.45) is 0 Å². The molecule has 1 heterocycles. The van der Waals surface area contributed by atoms with Gasteiger partial charge in [-0.3, -0.25) is 4.79 Å². The van der Waals surface area contributed by atoms with Crippen LogP contribution in [0.3, 0.4) is 0 Å². The number of ether oxygens (including phenoxy) is 1. The van der Waals surface area contributed by atoms with Gasteiger partial charge in [0.25, 0.3) is 5.91 Å². The summed E-state index contributed by atoms with van der Waals surface area (Å²) in [6.07, 6.45) is 0.945. The summed E-state index contributed by atoms with van der Waals surface area (Å²) in [7, 11) is -3.83.